The molecule has 2 saturated carbocycles. The molecule has 0 heterocycles. The van der Waals surface area contributed by atoms with Crippen LogP contribution >= 0.6 is 11.6 Å². The van der Waals surface area contributed by atoms with Gasteiger partial charge in [-0.05, 0) is 37.2 Å². The Morgan fingerprint density at radius 3 is 2.53 bits per heavy atom. The van der Waals surface area contributed by atoms with Gasteiger partial charge >= 0.3 is 0 Å². The van der Waals surface area contributed by atoms with Crippen LogP contribution in [0.25, 0.3) is 0 Å². The maximum Gasteiger partial charge on any atom is 0.224 e. The summed E-state index contributed by atoms with van der Waals surface area (Å²) in [5, 5.41) is 3.18. The molecule has 3 rings (SSSR count). The molecule has 0 aliphatic heterocycles. The fourth-order valence-corrected chi connectivity index (χ4v) is 3.78. The van der Waals surface area contributed by atoms with Crippen LogP contribution < -0.4 is 5.32 Å². The number of hydrogen-bond acceptors (Lipinski definition) is 1. The number of amides is 1. The summed E-state index contributed by atoms with van der Waals surface area (Å²) in [4.78, 5) is 12.4. The van der Waals surface area contributed by atoms with Gasteiger partial charge in [0.15, 0.2) is 0 Å². The lowest BCUT2D eigenvalue weighted by atomic mass is 9.93. The van der Waals surface area contributed by atoms with Gasteiger partial charge in [-0.2, -0.15) is 0 Å². The Balaban J connectivity index is 1.71. The smallest absolute Gasteiger partial charge is 0.224 e. The van der Waals surface area contributed by atoms with E-state index in [0.29, 0.717) is 17.7 Å². The Hall–Kier alpha value is -1.02. The summed E-state index contributed by atoms with van der Waals surface area (Å²) in [6.45, 7) is 2.01. The first-order valence-electron chi connectivity index (χ1n) is 7.09. The van der Waals surface area contributed by atoms with Crippen molar-refractivity contribution in [3.05, 3.63) is 35.9 Å². The van der Waals surface area contributed by atoms with E-state index < -0.39 is 5.54 Å². The fourth-order valence-electron chi connectivity index (χ4n) is 3.55. The second-order valence-corrected chi connectivity index (χ2v) is 6.37. The minimum atomic E-state index is -0.462. The van der Waals surface area contributed by atoms with E-state index in [4.69, 9.17) is 11.6 Å². The maximum absolute atomic E-state index is 12.4. The SMILES string of the molecule is CC(CCl)(NC(=O)C1C2CCCC21)c1ccccc1. The zero-order valence-electron chi connectivity index (χ0n) is 11.2. The molecule has 19 heavy (non-hydrogen) atoms. The molecule has 3 heteroatoms. The van der Waals surface area contributed by atoms with Crippen LogP contribution in [0.3, 0.4) is 0 Å². The monoisotopic (exact) mass is 277 g/mol. The normalized spacial score (nSPS) is 31.4. The van der Waals surface area contributed by atoms with Crippen LogP contribution in [-0.4, -0.2) is 11.8 Å². The molecule has 3 atom stereocenters. The highest BCUT2D eigenvalue weighted by Crippen LogP contribution is 2.57. The maximum atomic E-state index is 12.4. The summed E-state index contributed by atoms with van der Waals surface area (Å²) in [7, 11) is 0. The van der Waals surface area contributed by atoms with Gasteiger partial charge in [-0.15, -0.1) is 11.6 Å². The molecule has 0 bridgehead atoms. The average Bonchev–Trinajstić information content (AvgIpc) is 2.93. The largest absolute Gasteiger partial charge is 0.345 e. The molecule has 1 aromatic carbocycles. The fraction of sp³-hybridized carbons (Fsp3) is 0.562. The van der Waals surface area contributed by atoms with Gasteiger partial charge in [0.25, 0.3) is 0 Å². The molecule has 2 aliphatic carbocycles. The highest BCUT2D eigenvalue weighted by Gasteiger charge is 2.57. The Kier molecular flexibility index (Phi) is 3.30. The molecule has 0 aromatic heterocycles. The average molecular weight is 278 g/mol. The zero-order valence-corrected chi connectivity index (χ0v) is 12.0. The number of hydrogen-bond donors (Lipinski definition) is 1. The molecule has 1 aromatic rings. The topological polar surface area (TPSA) is 29.1 Å². The number of alkyl halides is 1. The van der Waals surface area contributed by atoms with Crippen molar-refractivity contribution >= 4 is 17.5 Å². The molecule has 0 radical (unpaired) electrons. The number of rotatable bonds is 4. The molecule has 3 unspecified atom stereocenters. The Morgan fingerprint density at radius 1 is 1.32 bits per heavy atom. The van der Waals surface area contributed by atoms with Crippen molar-refractivity contribution in [2.24, 2.45) is 17.8 Å². The van der Waals surface area contributed by atoms with Crippen LogP contribution in [0.1, 0.15) is 31.7 Å². The van der Waals surface area contributed by atoms with Gasteiger partial charge in [0, 0.05) is 11.8 Å². The van der Waals surface area contributed by atoms with Crippen molar-refractivity contribution in [1.29, 1.82) is 0 Å². The second-order valence-electron chi connectivity index (χ2n) is 6.11. The van der Waals surface area contributed by atoms with Crippen LogP contribution in [0.15, 0.2) is 30.3 Å². The highest BCUT2D eigenvalue weighted by molar-refractivity contribution is 6.18. The van der Waals surface area contributed by atoms with Crippen LogP contribution in [0.4, 0.5) is 0 Å². The third kappa shape index (κ3) is 2.27. The molecule has 1 N–H and O–H groups in total. The van der Waals surface area contributed by atoms with Crippen LogP contribution in [0, 0.1) is 17.8 Å². The number of benzene rings is 1. The Bertz CT molecular complexity index is 465. The third-order valence-electron chi connectivity index (χ3n) is 4.79. The van der Waals surface area contributed by atoms with E-state index in [1.807, 2.05) is 37.3 Å². The first-order chi connectivity index (χ1) is 9.15. The highest BCUT2D eigenvalue weighted by atomic mass is 35.5. The number of carbonyl (C=O) groups is 1. The van der Waals surface area contributed by atoms with Gasteiger partial charge in [-0.1, -0.05) is 36.8 Å². The molecule has 102 valence electrons. The van der Waals surface area contributed by atoms with Gasteiger partial charge in [0.1, 0.15) is 0 Å². The summed E-state index contributed by atoms with van der Waals surface area (Å²) in [6, 6.07) is 9.99. The van der Waals surface area contributed by atoms with Crippen molar-refractivity contribution in [3.63, 3.8) is 0 Å². The van der Waals surface area contributed by atoms with E-state index in [-0.39, 0.29) is 11.8 Å². The van der Waals surface area contributed by atoms with Crippen LogP contribution in [0.5, 0.6) is 0 Å². The van der Waals surface area contributed by atoms with E-state index in [1.165, 1.54) is 19.3 Å². The van der Waals surface area contributed by atoms with E-state index in [0.717, 1.165) is 5.56 Å². The van der Waals surface area contributed by atoms with Gasteiger partial charge < -0.3 is 5.32 Å². The lowest BCUT2D eigenvalue weighted by Crippen LogP contribution is -2.46. The zero-order chi connectivity index (χ0) is 13.5. The Morgan fingerprint density at radius 2 is 1.95 bits per heavy atom. The van der Waals surface area contributed by atoms with E-state index in [1.54, 1.807) is 0 Å². The van der Waals surface area contributed by atoms with Crippen LogP contribution in [0.2, 0.25) is 0 Å². The van der Waals surface area contributed by atoms with Crippen molar-refractivity contribution in [2.75, 3.05) is 5.88 Å². The van der Waals surface area contributed by atoms with Gasteiger partial charge in [0.2, 0.25) is 5.91 Å². The molecular formula is C16H20ClNO. The second kappa shape index (κ2) is 4.82. The molecule has 2 fully saturated rings. The third-order valence-corrected chi connectivity index (χ3v) is 5.32. The van der Waals surface area contributed by atoms with Gasteiger partial charge in [0.05, 0.1) is 5.54 Å². The number of nitrogens with one attached hydrogen (secondary N) is 1. The van der Waals surface area contributed by atoms with Crippen molar-refractivity contribution in [2.45, 2.75) is 31.7 Å². The number of fused-ring (bicyclic) bond motifs is 1. The van der Waals surface area contributed by atoms with Gasteiger partial charge in [-0.3, -0.25) is 4.79 Å². The molecule has 1 amide bonds. The molecular weight excluding hydrogens is 258 g/mol. The quantitative estimate of drug-likeness (QED) is 0.841. The van der Waals surface area contributed by atoms with Crippen LogP contribution in [-0.2, 0) is 10.3 Å². The van der Waals surface area contributed by atoms with E-state index >= 15 is 0 Å². The van der Waals surface area contributed by atoms with E-state index in [2.05, 4.69) is 5.32 Å². The summed E-state index contributed by atoms with van der Waals surface area (Å²) in [5.74, 6) is 2.14. The lowest BCUT2D eigenvalue weighted by molar-refractivity contribution is -0.124. The molecule has 2 nitrogen and oxygen atoms in total. The first kappa shape index (κ1) is 13.0. The first-order valence-corrected chi connectivity index (χ1v) is 7.63. The predicted molar refractivity (Wildman–Crippen MR) is 77.0 cm³/mol. The van der Waals surface area contributed by atoms with Crippen molar-refractivity contribution < 1.29 is 4.79 Å². The predicted octanol–water partition coefficient (Wildman–Crippen LogP) is 3.30. The molecule has 0 saturated heterocycles. The minimum Gasteiger partial charge on any atom is -0.345 e. The Labute approximate surface area is 119 Å². The summed E-state index contributed by atoms with van der Waals surface area (Å²) < 4.78 is 0. The lowest BCUT2D eigenvalue weighted by Gasteiger charge is -2.29. The molecule has 0 spiro atoms. The van der Waals surface area contributed by atoms with Crippen molar-refractivity contribution in [1.82, 2.24) is 5.32 Å². The molecule has 2 aliphatic rings. The number of carbonyl (C=O) groups excluding carboxylic acids is 1. The summed E-state index contributed by atoms with van der Waals surface area (Å²) in [6.07, 6.45) is 3.75. The minimum absolute atomic E-state index is 0.196. The van der Waals surface area contributed by atoms with E-state index in [9.17, 15) is 4.79 Å². The summed E-state index contributed by atoms with van der Waals surface area (Å²) >= 11 is 6.12. The standard InChI is InChI=1S/C16H20ClNO/c1-16(10-17,11-6-3-2-4-7-11)18-15(19)14-12-8-5-9-13(12)14/h2-4,6-7,12-14H,5,8-10H2,1H3,(H,18,19). The number of halogens is 1. The summed E-state index contributed by atoms with van der Waals surface area (Å²) in [5.41, 5.74) is 0.612. The van der Waals surface area contributed by atoms with Gasteiger partial charge in [-0.25, -0.2) is 0 Å². The van der Waals surface area contributed by atoms with Crippen molar-refractivity contribution in [3.8, 4) is 0 Å².